The molecular formula is C28H27NO6. The number of esters is 1. The van der Waals surface area contributed by atoms with E-state index in [1.165, 1.54) is 0 Å². The molecule has 1 aromatic heterocycles. The average molecular weight is 474 g/mol. The van der Waals surface area contributed by atoms with Crippen LogP contribution in [-0.2, 0) is 27.3 Å². The predicted octanol–water partition coefficient (Wildman–Crippen LogP) is 5.26. The second-order valence-corrected chi connectivity index (χ2v) is 8.10. The Morgan fingerprint density at radius 3 is 2.66 bits per heavy atom. The van der Waals surface area contributed by atoms with Crippen molar-refractivity contribution in [3.05, 3.63) is 89.7 Å². The molecule has 3 N–H and O–H groups in total. The van der Waals surface area contributed by atoms with Crippen LogP contribution in [-0.4, -0.2) is 23.7 Å². The topological polar surface area (TPSA) is 112 Å². The third-order valence-corrected chi connectivity index (χ3v) is 5.68. The van der Waals surface area contributed by atoms with Crippen LogP contribution in [0.5, 0.6) is 5.75 Å². The Morgan fingerprint density at radius 2 is 1.89 bits per heavy atom. The number of carboxylic acid groups (broad SMARTS) is 1. The third kappa shape index (κ3) is 5.70. The number of nitrogens with two attached hydrogens (primary N) is 1. The van der Waals surface area contributed by atoms with Crippen LogP contribution in [0.15, 0.2) is 77.4 Å². The molecule has 0 radical (unpaired) electrons. The van der Waals surface area contributed by atoms with Crippen molar-refractivity contribution in [2.24, 2.45) is 5.73 Å². The zero-order chi connectivity index (χ0) is 24.8. The van der Waals surface area contributed by atoms with E-state index in [4.69, 9.17) is 19.6 Å². The largest absolute Gasteiger partial charge is 0.485 e. The van der Waals surface area contributed by atoms with E-state index in [1.807, 2.05) is 36.4 Å². The number of hydrogen-bond acceptors (Lipinski definition) is 6. The number of hydrogen-bond donors (Lipinski definition) is 2. The fraction of sp³-hybridized carbons (Fsp3) is 0.214. The van der Waals surface area contributed by atoms with Gasteiger partial charge >= 0.3 is 11.9 Å². The molecule has 3 aromatic carbocycles. The van der Waals surface area contributed by atoms with Crippen molar-refractivity contribution >= 4 is 22.9 Å². The fourth-order valence-electron chi connectivity index (χ4n) is 4.06. The highest BCUT2D eigenvalue weighted by atomic mass is 16.5. The van der Waals surface area contributed by atoms with E-state index in [1.54, 1.807) is 43.5 Å². The molecule has 0 fully saturated rings. The first-order valence-electron chi connectivity index (χ1n) is 11.4. The molecule has 0 aliphatic heterocycles. The molecular weight excluding hydrogens is 446 g/mol. The second kappa shape index (κ2) is 10.9. The third-order valence-electron chi connectivity index (χ3n) is 5.68. The van der Waals surface area contributed by atoms with Crippen LogP contribution >= 0.6 is 0 Å². The lowest BCUT2D eigenvalue weighted by Crippen LogP contribution is -2.15. The summed E-state index contributed by atoms with van der Waals surface area (Å²) in [5.41, 5.74) is 10.5. The SMILES string of the molecule is CCOC(=O)Cc1ccccc1OC(CC(=O)O)c1cc(-c2cccc(CN)c2)c2ccoc2c1. The molecule has 7 nitrogen and oxygen atoms in total. The molecule has 1 unspecified atom stereocenters. The molecule has 4 aromatic rings. The number of benzene rings is 3. The number of carbonyl (C=O) groups is 2. The molecule has 0 aliphatic rings. The summed E-state index contributed by atoms with van der Waals surface area (Å²) >= 11 is 0. The average Bonchev–Trinajstić information content (AvgIpc) is 3.33. The smallest absolute Gasteiger partial charge is 0.310 e. The van der Waals surface area contributed by atoms with E-state index in [0.29, 0.717) is 29.0 Å². The first-order valence-corrected chi connectivity index (χ1v) is 11.4. The minimum Gasteiger partial charge on any atom is -0.485 e. The van der Waals surface area contributed by atoms with E-state index in [-0.39, 0.29) is 25.4 Å². The summed E-state index contributed by atoms with van der Waals surface area (Å²) in [5.74, 6) is -0.959. The molecule has 1 heterocycles. The van der Waals surface area contributed by atoms with Gasteiger partial charge in [0.2, 0.25) is 0 Å². The van der Waals surface area contributed by atoms with E-state index in [9.17, 15) is 14.7 Å². The minimum atomic E-state index is -1.01. The van der Waals surface area contributed by atoms with Crippen LogP contribution in [0.3, 0.4) is 0 Å². The highest BCUT2D eigenvalue weighted by Gasteiger charge is 2.22. The number of ether oxygens (including phenoxy) is 2. The van der Waals surface area contributed by atoms with Crippen LogP contribution < -0.4 is 10.5 Å². The molecule has 0 aliphatic carbocycles. The van der Waals surface area contributed by atoms with Crippen LogP contribution in [0.25, 0.3) is 22.1 Å². The maximum atomic E-state index is 12.1. The quantitative estimate of drug-likeness (QED) is 0.302. The Morgan fingerprint density at radius 1 is 1.06 bits per heavy atom. The summed E-state index contributed by atoms with van der Waals surface area (Å²) < 4.78 is 17.0. The lowest BCUT2D eigenvalue weighted by Gasteiger charge is -2.21. The first kappa shape index (κ1) is 24.0. The van der Waals surface area contributed by atoms with Crippen molar-refractivity contribution in [1.82, 2.24) is 0 Å². The number of aliphatic carboxylic acids is 1. The van der Waals surface area contributed by atoms with Crippen molar-refractivity contribution in [2.45, 2.75) is 32.4 Å². The van der Waals surface area contributed by atoms with Gasteiger partial charge in [0.1, 0.15) is 17.4 Å². The van der Waals surface area contributed by atoms with E-state index < -0.39 is 12.1 Å². The summed E-state index contributed by atoms with van der Waals surface area (Å²) in [7, 11) is 0. The van der Waals surface area contributed by atoms with Crippen LogP contribution in [0.4, 0.5) is 0 Å². The molecule has 0 bridgehead atoms. The summed E-state index contributed by atoms with van der Waals surface area (Å²) in [6.07, 6.45) is 0.536. The lowest BCUT2D eigenvalue weighted by molar-refractivity contribution is -0.142. The lowest BCUT2D eigenvalue weighted by atomic mass is 9.95. The molecule has 35 heavy (non-hydrogen) atoms. The number of furan rings is 1. The number of fused-ring (bicyclic) bond motifs is 1. The molecule has 180 valence electrons. The maximum Gasteiger partial charge on any atom is 0.310 e. The normalized spacial score (nSPS) is 11.8. The number of carbonyl (C=O) groups excluding carboxylic acids is 1. The van der Waals surface area contributed by atoms with Crippen molar-refractivity contribution in [2.75, 3.05) is 6.61 Å². The van der Waals surface area contributed by atoms with Gasteiger partial charge < -0.3 is 24.7 Å². The fourth-order valence-corrected chi connectivity index (χ4v) is 4.06. The van der Waals surface area contributed by atoms with Crippen molar-refractivity contribution in [3.63, 3.8) is 0 Å². The van der Waals surface area contributed by atoms with Gasteiger partial charge in [-0.2, -0.15) is 0 Å². The maximum absolute atomic E-state index is 12.1. The standard InChI is InChI=1S/C28H27NO6/c1-2-33-28(32)15-20-7-3-4-9-24(20)35-25(16-27(30)31)21-13-23(22-10-11-34-26(22)14-21)19-8-5-6-18(12-19)17-29/h3-14,25H,2,15-17,29H2,1H3,(H,30,31). The summed E-state index contributed by atoms with van der Waals surface area (Å²) in [6, 6.07) is 20.5. The molecule has 7 heteroatoms. The van der Waals surface area contributed by atoms with Gasteiger partial charge in [-0.25, -0.2) is 0 Å². The number of rotatable bonds is 10. The van der Waals surface area contributed by atoms with Crippen molar-refractivity contribution in [3.8, 4) is 16.9 Å². The molecule has 1 atom stereocenters. The Kier molecular flexibility index (Phi) is 7.48. The molecule has 0 spiro atoms. The highest BCUT2D eigenvalue weighted by Crippen LogP contribution is 2.36. The molecule has 0 saturated carbocycles. The van der Waals surface area contributed by atoms with E-state index in [0.717, 1.165) is 22.1 Å². The van der Waals surface area contributed by atoms with Crippen molar-refractivity contribution < 1.29 is 28.6 Å². The van der Waals surface area contributed by atoms with E-state index in [2.05, 4.69) is 0 Å². The minimum absolute atomic E-state index is 0.0259. The van der Waals surface area contributed by atoms with Crippen molar-refractivity contribution in [1.29, 1.82) is 0 Å². The summed E-state index contributed by atoms with van der Waals surface area (Å²) in [4.78, 5) is 23.9. The van der Waals surface area contributed by atoms with Gasteiger partial charge in [0, 0.05) is 17.5 Å². The number of para-hydroxylation sites is 1. The highest BCUT2D eigenvalue weighted by molar-refractivity contribution is 5.95. The Hall–Kier alpha value is -4.10. The monoisotopic (exact) mass is 473 g/mol. The molecule has 0 saturated heterocycles. The van der Waals surface area contributed by atoms with Crippen LogP contribution in [0.2, 0.25) is 0 Å². The van der Waals surface area contributed by atoms with Gasteiger partial charge in [0.15, 0.2) is 0 Å². The van der Waals surface area contributed by atoms with Gasteiger partial charge in [0.05, 0.1) is 25.7 Å². The predicted molar refractivity (Wildman–Crippen MR) is 132 cm³/mol. The van der Waals surface area contributed by atoms with Gasteiger partial charge in [-0.05, 0) is 59.5 Å². The number of carboxylic acids is 1. The first-order chi connectivity index (χ1) is 17.0. The Labute approximate surface area is 203 Å². The Bertz CT molecular complexity index is 1340. The van der Waals surface area contributed by atoms with Gasteiger partial charge in [-0.3, -0.25) is 9.59 Å². The zero-order valence-electron chi connectivity index (χ0n) is 19.4. The van der Waals surface area contributed by atoms with Gasteiger partial charge in [-0.15, -0.1) is 0 Å². The molecule has 0 amide bonds. The van der Waals surface area contributed by atoms with Crippen LogP contribution in [0.1, 0.15) is 36.1 Å². The van der Waals surface area contributed by atoms with Gasteiger partial charge in [-0.1, -0.05) is 36.4 Å². The Balaban J connectivity index is 1.76. The summed E-state index contributed by atoms with van der Waals surface area (Å²) in [5, 5.41) is 10.5. The summed E-state index contributed by atoms with van der Waals surface area (Å²) in [6.45, 7) is 2.43. The van der Waals surface area contributed by atoms with Crippen LogP contribution in [0, 0.1) is 0 Å². The zero-order valence-corrected chi connectivity index (χ0v) is 19.4. The van der Waals surface area contributed by atoms with Gasteiger partial charge in [0.25, 0.3) is 0 Å². The molecule has 4 rings (SSSR count). The van der Waals surface area contributed by atoms with E-state index >= 15 is 0 Å². The second-order valence-electron chi connectivity index (χ2n) is 8.10.